The van der Waals surface area contributed by atoms with E-state index in [1.807, 2.05) is 27.8 Å². The maximum Gasteiger partial charge on any atom is 0.137 e. The van der Waals surface area contributed by atoms with Crippen molar-refractivity contribution in [2.45, 2.75) is 47.1 Å². The molecule has 0 spiro atoms. The van der Waals surface area contributed by atoms with Gasteiger partial charge in [-0.25, -0.2) is 0 Å². The van der Waals surface area contributed by atoms with Crippen molar-refractivity contribution in [3.8, 4) is 0 Å². The van der Waals surface area contributed by atoms with Crippen molar-refractivity contribution in [1.29, 1.82) is 0 Å². The van der Waals surface area contributed by atoms with Gasteiger partial charge in [0.05, 0.1) is 0 Å². The Bertz CT molecular complexity index is 214. The van der Waals surface area contributed by atoms with Gasteiger partial charge in [-0.1, -0.05) is 46.6 Å². The minimum absolute atomic E-state index is 0. The van der Waals surface area contributed by atoms with E-state index < -0.39 is 0 Å². The van der Waals surface area contributed by atoms with Crippen LogP contribution in [-0.4, -0.2) is 19.1 Å². The molecule has 0 saturated carbocycles. The van der Waals surface area contributed by atoms with Crippen molar-refractivity contribution in [1.82, 2.24) is 5.32 Å². The molecule has 0 aliphatic carbocycles. The van der Waals surface area contributed by atoms with Gasteiger partial charge in [-0.15, -0.1) is 12.5 Å². The molecular formula is C13H25NO2Y3-2. The Morgan fingerprint density at radius 2 is 1.63 bits per heavy atom. The summed E-state index contributed by atoms with van der Waals surface area (Å²) < 4.78 is 5.16. The van der Waals surface area contributed by atoms with Crippen molar-refractivity contribution in [2.75, 3.05) is 7.05 Å². The molecule has 0 heterocycles. The molecular weight excluding hydrogens is 469 g/mol. The molecule has 105 valence electrons. The Kier molecular flexibility index (Phi) is 26.4. The zero-order valence-electron chi connectivity index (χ0n) is 13.1. The molecule has 0 aromatic carbocycles. The monoisotopic (exact) mass is 494 g/mol. The van der Waals surface area contributed by atoms with Crippen molar-refractivity contribution < 1.29 is 108 Å². The van der Waals surface area contributed by atoms with Gasteiger partial charge in [-0.05, 0) is 7.05 Å². The largest absolute Gasteiger partial charge is 0.657 e. The van der Waals surface area contributed by atoms with Gasteiger partial charge in [-0.2, -0.15) is 6.42 Å². The Hall–Kier alpha value is 2.61. The molecule has 19 heavy (non-hydrogen) atoms. The van der Waals surface area contributed by atoms with Crippen LogP contribution < -0.4 is 5.32 Å². The summed E-state index contributed by atoms with van der Waals surface area (Å²) in [5.74, 6) is 1.40. The van der Waals surface area contributed by atoms with Crippen LogP contribution in [0.5, 0.6) is 0 Å². The molecule has 0 aliphatic heterocycles. The van der Waals surface area contributed by atoms with E-state index in [0.29, 0.717) is 5.92 Å². The second-order valence-corrected chi connectivity index (χ2v) is 4.90. The van der Waals surface area contributed by atoms with Crippen molar-refractivity contribution in [2.24, 2.45) is 11.8 Å². The van der Waals surface area contributed by atoms with Crippen LogP contribution in [0.15, 0.2) is 0 Å². The van der Waals surface area contributed by atoms with Crippen molar-refractivity contribution >= 4 is 5.97 Å². The standard InChI is InChI=1S/C13H25NO2.3Y/c1-9(2)7-12(10(3)4)13(15)16-8-11(5)14-6;;;/h8-11,14H,7H2,1-6H3;;;/q-2;;;. The fraction of sp³-hybridized carbons (Fsp3) is 0.769. The molecule has 3 nitrogen and oxygen atoms in total. The Labute approximate surface area is 194 Å². The number of carbonyl (C=O) groups is 1. The van der Waals surface area contributed by atoms with Gasteiger partial charge in [0, 0.05) is 98.1 Å². The van der Waals surface area contributed by atoms with Gasteiger partial charge in [0.1, 0.15) is 5.97 Å². The first-order valence-corrected chi connectivity index (χ1v) is 5.95. The Balaban J connectivity index is -0.000000375. The fourth-order valence-corrected chi connectivity index (χ4v) is 1.30. The molecule has 0 aromatic heterocycles. The summed E-state index contributed by atoms with van der Waals surface area (Å²) in [5.41, 5.74) is 0. The molecule has 0 bridgehead atoms. The molecule has 0 fully saturated rings. The van der Waals surface area contributed by atoms with Crippen LogP contribution >= 0.6 is 0 Å². The van der Waals surface area contributed by atoms with Gasteiger partial charge in [-0.3, -0.25) is 10.7 Å². The second-order valence-electron chi connectivity index (χ2n) is 4.90. The molecule has 0 aliphatic rings. The predicted molar refractivity (Wildman–Crippen MR) is 66.4 cm³/mol. The third-order valence-electron chi connectivity index (χ3n) is 2.42. The molecule has 0 rings (SSSR count). The van der Waals surface area contributed by atoms with E-state index in [4.69, 9.17) is 4.74 Å². The number of carbonyl (C=O) groups excluding carboxylic acids is 1. The minimum atomic E-state index is -0.189. The maximum atomic E-state index is 11.8. The zero-order chi connectivity index (χ0) is 12.7. The van der Waals surface area contributed by atoms with Crippen molar-refractivity contribution in [3.05, 3.63) is 12.5 Å². The average Bonchev–Trinajstić information content (AvgIpc) is 2.21. The van der Waals surface area contributed by atoms with Crippen LogP contribution in [-0.2, 0) is 108 Å². The average molecular weight is 494 g/mol. The van der Waals surface area contributed by atoms with Crippen LogP contribution in [0, 0.1) is 24.4 Å². The van der Waals surface area contributed by atoms with E-state index in [0.717, 1.165) is 12.3 Å². The summed E-state index contributed by atoms with van der Waals surface area (Å²) in [6.45, 7) is 11.8. The molecule has 6 heteroatoms. The molecule has 1 N–H and O–H groups in total. The Morgan fingerprint density at radius 3 is 1.95 bits per heavy atom. The predicted octanol–water partition coefficient (Wildman–Crippen LogP) is 2.57. The quantitative estimate of drug-likeness (QED) is 0.437. The number of likely N-dealkylation sites (N-methyl/N-ethyl adjacent to an activating group) is 1. The number of rotatable bonds is 7. The molecule has 1 unspecified atom stereocenters. The maximum absolute atomic E-state index is 11.8. The zero-order valence-corrected chi connectivity index (χ0v) is 21.6. The van der Waals surface area contributed by atoms with Gasteiger partial charge in [0.25, 0.3) is 0 Å². The van der Waals surface area contributed by atoms with E-state index >= 15 is 0 Å². The second kappa shape index (κ2) is 17.0. The first-order chi connectivity index (χ1) is 7.38. The first-order valence-electron chi connectivity index (χ1n) is 5.95. The summed E-state index contributed by atoms with van der Waals surface area (Å²) in [5, 5.41) is 2.99. The third-order valence-corrected chi connectivity index (χ3v) is 2.42. The van der Waals surface area contributed by atoms with Gasteiger partial charge < -0.3 is 10.1 Å². The van der Waals surface area contributed by atoms with E-state index in [-0.39, 0.29) is 116 Å². The van der Waals surface area contributed by atoms with Gasteiger partial charge in [0.15, 0.2) is 0 Å². The van der Waals surface area contributed by atoms with Crippen LogP contribution in [0.2, 0.25) is 0 Å². The topological polar surface area (TPSA) is 38.3 Å². The SMILES string of the molecule is CNC(C)[CH-]OC(=O)[C-](CC(C)C)C(C)C.[Y].[Y].[Y]. The fourth-order valence-electron chi connectivity index (χ4n) is 1.30. The van der Waals surface area contributed by atoms with Crippen LogP contribution in [0.4, 0.5) is 0 Å². The number of hydrogen-bond donors (Lipinski definition) is 1. The smallest absolute Gasteiger partial charge is 0.137 e. The van der Waals surface area contributed by atoms with E-state index in [9.17, 15) is 4.79 Å². The molecule has 1 atom stereocenters. The molecule has 3 radical (unpaired) electrons. The van der Waals surface area contributed by atoms with E-state index in [2.05, 4.69) is 19.2 Å². The van der Waals surface area contributed by atoms with Crippen LogP contribution in [0.3, 0.4) is 0 Å². The third kappa shape index (κ3) is 15.3. The summed E-state index contributed by atoms with van der Waals surface area (Å²) >= 11 is 0. The number of ether oxygens (including phenoxy) is 1. The summed E-state index contributed by atoms with van der Waals surface area (Å²) in [7, 11) is 1.83. The van der Waals surface area contributed by atoms with Gasteiger partial charge in [0.2, 0.25) is 0 Å². The summed E-state index contributed by atoms with van der Waals surface area (Å²) in [6.07, 6.45) is 0.804. The minimum Gasteiger partial charge on any atom is -0.657 e. The van der Waals surface area contributed by atoms with Crippen molar-refractivity contribution in [3.63, 3.8) is 0 Å². The van der Waals surface area contributed by atoms with E-state index in [1.54, 1.807) is 6.61 Å². The molecule has 0 saturated heterocycles. The normalized spacial score (nSPS) is 10.9. The van der Waals surface area contributed by atoms with Gasteiger partial charge >= 0.3 is 0 Å². The summed E-state index contributed by atoms with van der Waals surface area (Å²) in [6, 6.07) is 0.0800. The van der Waals surface area contributed by atoms with Crippen LogP contribution in [0.1, 0.15) is 41.0 Å². The van der Waals surface area contributed by atoms with E-state index in [1.165, 1.54) is 0 Å². The molecule has 0 amide bonds. The van der Waals surface area contributed by atoms with Crippen LogP contribution in [0.25, 0.3) is 0 Å². The number of nitrogens with one attached hydrogen (secondary N) is 1. The summed E-state index contributed by atoms with van der Waals surface area (Å²) in [4.78, 5) is 11.8. The first kappa shape index (κ1) is 29.6. The number of esters is 1. The number of hydrogen-bond acceptors (Lipinski definition) is 3. The molecule has 0 aromatic rings. The Morgan fingerprint density at radius 1 is 1.16 bits per heavy atom.